The largest absolute Gasteiger partial charge is 0.573 e. The number of ether oxygens (including phenoxy) is 1. The van der Waals surface area contributed by atoms with Gasteiger partial charge in [0.2, 0.25) is 0 Å². The molecule has 124 valence electrons. The molecule has 0 radical (unpaired) electrons. The summed E-state index contributed by atoms with van der Waals surface area (Å²) in [5.41, 5.74) is -0.0909. The number of hydrogen-bond acceptors (Lipinski definition) is 4. The molecule has 0 saturated carbocycles. The van der Waals surface area contributed by atoms with Crippen LogP contribution in [0.15, 0.2) is 34.9 Å². The Labute approximate surface area is 130 Å². The molecule has 0 atom stereocenters. The summed E-state index contributed by atoms with van der Waals surface area (Å²) in [6, 6.07) is 6.17. The maximum atomic E-state index is 12.1. The number of anilines is 1. The summed E-state index contributed by atoms with van der Waals surface area (Å²) in [6.07, 6.45) is -4.77. The van der Waals surface area contributed by atoms with Gasteiger partial charge >= 0.3 is 6.36 Å². The van der Waals surface area contributed by atoms with Crippen molar-refractivity contribution in [1.82, 2.24) is 5.16 Å². The van der Waals surface area contributed by atoms with Crippen LogP contribution < -0.4 is 10.1 Å². The lowest BCUT2D eigenvalue weighted by Crippen LogP contribution is -2.17. The number of benzene rings is 1. The van der Waals surface area contributed by atoms with Crippen LogP contribution in [0.3, 0.4) is 0 Å². The Hall–Kier alpha value is -2.51. The van der Waals surface area contributed by atoms with E-state index in [0.717, 1.165) is 12.1 Å². The first kappa shape index (κ1) is 16.9. The third-order valence-electron chi connectivity index (χ3n) is 2.84. The number of alkyl halides is 3. The molecule has 1 aromatic heterocycles. The predicted octanol–water partition coefficient (Wildman–Crippen LogP) is 4.12. The third-order valence-corrected chi connectivity index (χ3v) is 2.84. The Bertz CT molecular complexity index is 685. The molecule has 0 saturated heterocycles. The Kier molecular flexibility index (Phi) is 4.35. The molecule has 2 aromatic rings. The number of hydrogen-bond donors (Lipinski definition) is 1. The molecule has 8 heteroatoms. The van der Waals surface area contributed by atoms with E-state index in [-0.39, 0.29) is 16.8 Å². The van der Waals surface area contributed by atoms with E-state index >= 15 is 0 Å². The lowest BCUT2D eigenvalue weighted by Gasteiger charge is -2.12. The van der Waals surface area contributed by atoms with Crippen LogP contribution in [0, 0.1) is 0 Å². The summed E-state index contributed by atoms with van der Waals surface area (Å²) in [5.74, 6) is -0.0832. The molecule has 0 spiro atoms. The van der Waals surface area contributed by atoms with Crippen LogP contribution in [0.4, 0.5) is 19.0 Å². The second kappa shape index (κ2) is 5.94. The smallest absolute Gasteiger partial charge is 0.406 e. The van der Waals surface area contributed by atoms with Gasteiger partial charge in [0, 0.05) is 17.0 Å². The van der Waals surface area contributed by atoms with E-state index in [1.807, 2.05) is 20.8 Å². The number of aromatic nitrogens is 1. The monoisotopic (exact) mass is 328 g/mol. The minimum absolute atomic E-state index is 0.167. The first-order chi connectivity index (χ1) is 10.5. The quantitative estimate of drug-likeness (QED) is 0.920. The highest BCUT2D eigenvalue weighted by Gasteiger charge is 2.31. The molecule has 1 N–H and O–H groups in total. The summed E-state index contributed by atoms with van der Waals surface area (Å²) in [5, 5.41) is 6.25. The van der Waals surface area contributed by atoms with E-state index in [0.29, 0.717) is 5.76 Å². The topological polar surface area (TPSA) is 64.4 Å². The Morgan fingerprint density at radius 2 is 1.78 bits per heavy atom. The van der Waals surface area contributed by atoms with E-state index in [9.17, 15) is 18.0 Å². The number of amides is 1. The molecule has 1 aromatic carbocycles. The molecule has 2 rings (SSSR count). The average Bonchev–Trinajstić information content (AvgIpc) is 2.86. The molecule has 5 nitrogen and oxygen atoms in total. The first-order valence-electron chi connectivity index (χ1n) is 6.69. The average molecular weight is 328 g/mol. The second-order valence-electron chi connectivity index (χ2n) is 5.85. The fourth-order valence-electron chi connectivity index (χ4n) is 1.68. The van der Waals surface area contributed by atoms with Gasteiger partial charge in [0.25, 0.3) is 5.91 Å². The third kappa shape index (κ3) is 4.73. The number of carbonyl (C=O) groups is 1. The van der Waals surface area contributed by atoms with Gasteiger partial charge in [0.15, 0.2) is 5.82 Å². The zero-order chi connectivity index (χ0) is 17.3. The van der Waals surface area contributed by atoms with Crippen molar-refractivity contribution in [2.75, 3.05) is 5.32 Å². The zero-order valence-corrected chi connectivity index (χ0v) is 12.7. The zero-order valence-electron chi connectivity index (χ0n) is 12.7. The molecule has 0 bridgehead atoms. The van der Waals surface area contributed by atoms with Crippen LogP contribution in [-0.2, 0) is 5.41 Å². The molecule has 0 aliphatic heterocycles. The molecule has 1 heterocycles. The van der Waals surface area contributed by atoms with Crippen molar-refractivity contribution >= 4 is 11.7 Å². The van der Waals surface area contributed by atoms with E-state index in [4.69, 9.17) is 4.52 Å². The Morgan fingerprint density at radius 1 is 1.17 bits per heavy atom. The van der Waals surface area contributed by atoms with Crippen molar-refractivity contribution in [3.05, 3.63) is 41.7 Å². The highest BCUT2D eigenvalue weighted by Crippen LogP contribution is 2.25. The van der Waals surface area contributed by atoms with Crippen LogP contribution in [0.2, 0.25) is 0 Å². The molecule has 23 heavy (non-hydrogen) atoms. The van der Waals surface area contributed by atoms with Crippen molar-refractivity contribution < 1.29 is 27.2 Å². The maximum absolute atomic E-state index is 12.1. The number of carbonyl (C=O) groups excluding carboxylic acids is 1. The number of nitrogens with one attached hydrogen (secondary N) is 1. The van der Waals surface area contributed by atoms with E-state index in [2.05, 4.69) is 15.2 Å². The van der Waals surface area contributed by atoms with E-state index in [1.165, 1.54) is 12.1 Å². The van der Waals surface area contributed by atoms with Crippen LogP contribution in [0.25, 0.3) is 0 Å². The minimum Gasteiger partial charge on any atom is -0.406 e. The molecule has 0 aliphatic carbocycles. The number of nitrogens with zero attached hydrogens (tertiary/aromatic N) is 1. The maximum Gasteiger partial charge on any atom is 0.573 e. The number of rotatable bonds is 3. The highest BCUT2D eigenvalue weighted by atomic mass is 19.4. The summed E-state index contributed by atoms with van der Waals surface area (Å²) in [7, 11) is 0. The van der Waals surface area contributed by atoms with Gasteiger partial charge in [-0.2, -0.15) is 0 Å². The molecule has 0 fully saturated rings. The van der Waals surface area contributed by atoms with Gasteiger partial charge in [-0.25, -0.2) is 0 Å². The molecule has 0 aliphatic rings. The molecule has 0 unspecified atom stereocenters. The van der Waals surface area contributed by atoms with Crippen molar-refractivity contribution in [2.24, 2.45) is 0 Å². The summed E-state index contributed by atoms with van der Waals surface area (Å²) < 4.78 is 45.1. The first-order valence-corrected chi connectivity index (χ1v) is 6.69. The van der Waals surface area contributed by atoms with Crippen LogP contribution in [-0.4, -0.2) is 17.4 Å². The van der Waals surface area contributed by atoms with Gasteiger partial charge < -0.3 is 14.6 Å². The van der Waals surface area contributed by atoms with Crippen LogP contribution in [0.1, 0.15) is 36.9 Å². The standard InChI is InChI=1S/C15H15F3N2O3/c1-14(2,3)11-8-12(20-23-11)19-13(21)9-4-6-10(7-5-9)22-15(16,17)18/h4-8H,1-3H3,(H,19,20,21). The fourth-order valence-corrected chi connectivity index (χ4v) is 1.68. The fraction of sp³-hybridized carbons (Fsp3) is 0.333. The van der Waals surface area contributed by atoms with Crippen LogP contribution in [0.5, 0.6) is 5.75 Å². The van der Waals surface area contributed by atoms with E-state index in [1.54, 1.807) is 6.07 Å². The lowest BCUT2D eigenvalue weighted by molar-refractivity contribution is -0.274. The van der Waals surface area contributed by atoms with Crippen molar-refractivity contribution in [2.45, 2.75) is 32.5 Å². The molecule has 1 amide bonds. The molecular weight excluding hydrogens is 313 g/mol. The van der Waals surface area contributed by atoms with Gasteiger partial charge in [0.1, 0.15) is 11.5 Å². The SMILES string of the molecule is CC(C)(C)c1cc(NC(=O)c2ccc(OC(F)(F)F)cc2)no1. The summed E-state index contributed by atoms with van der Waals surface area (Å²) in [6.45, 7) is 5.79. The van der Waals surface area contributed by atoms with Gasteiger partial charge in [-0.1, -0.05) is 25.9 Å². The van der Waals surface area contributed by atoms with Gasteiger partial charge in [-0.05, 0) is 24.3 Å². The molecular formula is C15H15F3N2O3. The highest BCUT2D eigenvalue weighted by molar-refractivity contribution is 6.03. The summed E-state index contributed by atoms with van der Waals surface area (Å²) >= 11 is 0. The van der Waals surface area contributed by atoms with Crippen molar-refractivity contribution in [1.29, 1.82) is 0 Å². The van der Waals surface area contributed by atoms with Crippen LogP contribution >= 0.6 is 0 Å². The summed E-state index contributed by atoms with van der Waals surface area (Å²) in [4.78, 5) is 12.0. The Morgan fingerprint density at radius 3 is 2.26 bits per heavy atom. The minimum atomic E-state index is -4.77. The van der Waals surface area contributed by atoms with Crippen molar-refractivity contribution in [3.63, 3.8) is 0 Å². The van der Waals surface area contributed by atoms with Gasteiger partial charge in [0.05, 0.1) is 0 Å². The Balaban J connectivity index is 2.05. The van der Waals surface area contributed by atoms with E-state index < -0.39 is 18.0 Å². The lowest BCUT2D eigenvalue weighted by atomic mass is 9.93. The second-order valence-corrected chi connectivity index (χ2v) is 5.85. The van der Waals surface area contributed by atoms with Crippen molar-refractivity contribution in [3.8, 4) is 5.75 Å². The number of halogens is 3. The van der Waals surface area contributed by atoms with Gasteiger partial charge in [-0.3, -0.25) is 4.79 Å². The normalized spacial score (nSPS) is 12.1. The van der Waals surface area contributed by atoms with Gasteiger partial charge in [-0.15, -0.1) is 13.2 Å². The predicted molar refractivity (Wildman–Crippen MR) is 76.3 cm³/mol.